The lowest BCUT2D eigenvalue weighted by molar-refractivity contribution is -0.0498. The van der Waals surface area contributed by atoms with E-state index in [1.165, 1.54) is 28.6 Å². The third-order valence-corrected chi connectivity index (χ3v) is 5.49. The van der Waals surface area contributed by atoms with Crippen LogP contribution in [0.4, 0.5) is 8.78 Å². The number of benzene rings is 1. The fourth-order valence-corrected chi connectivity index (χ4v) is 4.21. The predicted octanol–water partition coefficient (Wildman–Crippen LogP) is 6.74. The molecule has 1 aliphatic rings. The van der Waals surface area contributed by atoms with Crippen molar-refractivity contribution >= 4 is 61.1 Å². The SMILES string of the molecule is CC.CC(NC(=S)SC=S)(C1=CC(Br)CC=C1)c1ccc(OC(F)F)cc1. The van der Waals surface area contributed by atoms with Crippen LogP contribution in [0.3, 0.4) is 0 Å². The minimum Gasteiger partial charge on any atom is -0.435 e. The molecule has 0 radical (unpaired) electrons. The van der Waals surface area contributed by atoms with Crippen LogP contribution in [0.15, 0.2) is 48.1 Å². The molecule has 1 aromatic rings. The molecule has 0 amide bonds. The average molecular weight is 494 g/mol. The summed E-state index contributed by atoms with van der Waals surface area (Å²) < 4.78 is 31.2. The number of thioether (sulfide) groups is 1. The van der Waals surface area contributed by atoms with Gasteiger partial charge in [0, 0.05) is 9.53 Å². The van der Waals surface area contributed by atoms with Gasteiger partial charge < -0.3 is 10.1 Å². The van der Waals surface area contributed by atoms with Crippen LogP contribution < -0.4 is 10.1 Å². The average Bonchev–Trinajstić information content (AvgIpc) is 2.63. The quantitative estimate of drug-likeness (QED) is 0.348. The summed E-state index contributed by atoms with van der Waals surface area (Å²) in [6, 6.07) is 6.55. The van der Waals surface area contributed by atoms with Gasteiger partial charge in [0.2, 0.25) is 0 Å². The molecule has 0 bridgehead atoms. The number of rotatable bonds is 6. The standard InChI is InChI=1S/C17H16BrF2NOS3.C2H6/c1-17(21-16(24)25-10-23,12-3-2-4-13(18)9-12)11-5-7-14(8-6-11)22-15(19)20;1-2/h2-3,5-10,13,15H,4H2,1H3,(H,21,24);1-2H3. The molecule has 2 atom stereocenters. The molecule has 0 spiro atoms. The summed E-state index contributed by atoms with van der Waals surface area (Å²) in [5.74, 6) is 0.114. The zero-order chi connectivity index (χ0) is 20.4. The van der Waals surface area contributed by atoms with Crippen molar-refractivity contribution in [1.82, 2.24) is 5.32 Å². The molecule has 27 heavy (non-hydrogen) atoms. The van der Waals surface area contributed by atoms with Crippen molar-refractivity contribution in [3.63, 3.8) is 0 Å². The smallest absolute Gasteiger partial charge is 0.387 e. The number of halogens is 3. The molecule has 148 valence electrons. The Morgan fingerprint density at radius 1 is 1.37 bits per heavy atom. The van der Waals surface area contributed by atoms with Gasteiger partial charge in [-0.15, -0.1) is 0 Å². The normalized spacial score (nSPS) is 17.9. The summed E-state index contributed by atoms with van der Waals surface area (Å²) in [5.41, 5.74) is 1.27. The summed E-state index contributed by atoms with van der Waals surface area (Å²) in [4.78, 5) is 0.224. The van der Waals surface area contributed by atoms with Gasteiger partial charge >= 0.3 is 6.61 Å². The van der Waals surface area contributed by atoms with Gasteiger partial charge in [-0.25, -0.2) is 0 Å². The van der Waals surface area contributed by atoms with Crippen LogP contribution in [-0.4, -0.2) is 20.5 Å². The molecule has 2 rings (SSSR count). The van der Waals surface area contributed by atoms with E-state index >= 15 is 0 Å². The van der Waals surface area contributed by atoms with Crippen molar-refractivity contribution < 1.29 is 13.5 Å². The van der Waals surface area contributed by atoms with Crippen LogP contribution in [0.1, 0.15) is 32.8 Å². The maximum atomic E-state index is 12.4. The van der Waals surface area contributed by atoms with E-state index in [9.17, 15) is 8.78 Å². The van der Waals surface area contributed by atoms with E-state index in [0.717, 1.165) is 17.6 Å². The predicted molar refractivity (Wildman–Crippen MR) is 123 cm³/mol. The van der Waals surface area contributed by atoms with E-state index in [2.05, 4.69) is 38.1 Å². The van der Waals surface area contributed by atoms with Gasteiger partial charge in [-0.1, -0.05) is 96.3 Å². The highest BCUT2D eigenvalue weighted by molar-refractivity contribution is 9.09. The van der Waals surface area contributed by atoms with Crippen molar-refractivity contribution in [3.8, 4) is 5.75 Å². The molecular weight excluding hydrogens is 472 g/mol. The molecule has 0 aromatic heterocycles. The van der Waals surface area contributed by atoms with Crippen LogP contribution in [0.2, 0.25) is 0 Å². The number of allylic oxidation sites excluding steroid dienone is 2. The van der Waals surface area contributed by atoms with E-state index in [0.29, 0.717) is 4.32 Å². The Morgan fingerprint density at radius 2 is 2.00 bits per heavy atom. The Balaban J connectivity index is 0.00000176. The van der Waals surface area contributed by atoms with Crippen molar-refractivity contribution in [1.29, 1.82) is 0 Å². The van der Waals surface area contributed by atoms with Gasteiger partial charge in [0.15, 0.2) is 0 Å². The number of hydrogen-bond donors (Lipinski definition) is 1. The number of ether oxygens (including phenoxy) is 1. The first-order chi connectivity index (χ1) is 12.8. The molecule has 0 fully saturated rings. The lowest BCUT2D eigenvalue weighted by Gasteiger charge is -2.35. The number of thiocarbonyl (C=S) groups is 2. The fraction of sp³-hybridized carbons (Fsp3) is 0.368. The first-order valence-corrected chi connectivity index (χ1v) is 11.0. The molecule has 2 unspecified atom stereocenters. The monoisotopic (exact) mass is 493 g/mol. The molecule has 1 aliphatic carbocycles. The molecular formula is C19H22BrF2NOS3. The van der Waals surface area contributed by atoms with E-state index in [-0.39, 0.29) is 10.6 Å². The number of alkyl halides is 3. The second kappa shape index (κ2) is 11.9. The highest BCUT2D eigenvalue weighted by Gasteiger charge is 2.32. The van der Waals surface area contributed by atoms with E-state index in [1.807, 2.05) is 26.8 Å². The number of nitrogens with one attached hydrogen (secondary N) is 1. The number of hydrogen-bond acceptors (Lipinski definition) is 4. The molecule has 1 N–H and O–H groups in total. The van der Waals surface area contributed by atoms with Gasteiger partial charge in [0.25, 0.3) is 0 Å². The van der Waals surface area contributed by atoms with E-state index in [1.54, 1.807) is 12.1 Å². The molecule has 1 aromatic carbocycles. The maximum Gasteiger partial charge on any atom is 0.387 e. The summed E-state index contributed by atoms with van der Waals surface area (Å²) in [5, 5.41) is 3.33. The Morgan fingerprint density at radius 3 is 2.52 bits per heavy atom. The van der Waals surface area contributed by atoms with E-state index < -0.39 is 12.2 Å². The van der Waals surface area contributed by atoms with Crippen molar-refractivity contribution in [3.05, 3.63) is 53.6 Å². The van der Waals surface area contributed by atoms with Gasteiger partial charge in [-0.3, -0.25) is 0 Å². The second-order valence-corrected chi connectivity index (χ2v) is 8.69. The molecule has 0 saturated carbocycles. The zero-order valence-electron chi connectivity index (χ0n) is 15.2. The highest BCUT2D eigenvalue weighted by Crippen LogP contribution is 2.35. The van der Waals surface area contributed by atoms with Crippen LogP contribution in [0.5, 0.6) is 5.75 Å². The van der Waals surface area contributed by atoms with Gasteiger partial charge in [-0.2, -0.15) is 8.78 Å². The lowest BCUT2D eigenvalue weighted by atomic mass is 9.82. The van der Waals surface area contributed by atoms with Crippen LogP contribution >= 0.6 is 52.1 Å². The molecule has 8 heteroatoms. The zero-order valence-corrected chi connectivity index (χ0v) is 19.3. The minimum atomic E-state index is -2.85. The minimum absolute atomic E-state index is 0.114. The lowest BCUT2D eigenvalue weighted by Crippen LogP contribution is -2.43. The second-order valence-electron chi connectivity index (χ2n) is 5.43. The maximum absolute atomic E-state index is 12.4. The summed E-state index contributed by atoms with van der Waals surface area (Å²) in [6.07, 6.45) is 7.14. The summed E-state index contributed by atoms with van der Waals surface area (Å²) in [7, 11) is 0. The van der Waals surface area contributed by atoms with Crippen molar-refractivity contribution in [2.45, 2.75) is 44.2 Å². The first-order valence-electron chi connectivity index (χ1n) is 8.36. The van der Waals surface area contributed by atoms with Gasteiger partial charge in [0.05, 0.1) is 5.54 Å². The molecule has 0 heterocycles. The highest BCUT2D eigenvalue weighted by atomic mass is 79.9. The molecule has 0 saturated heterocycles. The Kier molecular flexibility index (Phi) is 10.7. The van der Waals surface area contributed by atoms with Crippen LogP contribution in [-0.2, 0) is 5.54 Å². The fourth-order valence-electron chi connectivity index (χ4n) is 2.53. The third-order valence-electron chi connectivity index (χ3n) is 3.76. The van der Waals surface area contributed by atoms with E-state index in [4.69, 9.17) is 24.4 Å². The Labute approximate surface area is 182 Å². The Bertz CT molecular complexity index is 695. The van der Waals surface area contributed by atoms with Crippen LogP contribution in [0.25, 0.3) is 0 Å². The van der Waals surface area contributed by atoms with Crippen molar-refractivity contribution in [2.75, 3.05) is 0 Å². The third kappa shape index (κ3) is 7.25. The summed E-state index contributed by atoms with van der Waals surface area (Å²) in [6.45, 7) is 3.15. The van der Waals surface area contributed by atoms with Crippen molar-refractivity contribution in [2.24, 2.45) is 0 Å². The molecule has 2 nitrogen and oxygen atoms in total. The van der Waals surface area contributed by atoms with Crippen LogP contribution in [0, 0.1) is 0 Å². The summed E-state index contributed by atoms with van der Waals surface area (Å²) >= 11 is 15.1. The molecule has 0 aliphatic heterocycles. The van der Waals surface area contributed by atoms with Gasteiger partial charge in [0.1, 0.15) is 10.1 Å². The largest absolute Gasteiger partial charge is 0.435 e. The van der Waals surface area contributed by atoms with Gasteiger partial charge in [-0.05, 0) is 36.6 Å². The Hall–Kier alpha value is -0.830. The topological polar surface area (TPSA) is 21.3 Å². The first kappa shape index (κ1) is 24.2.